The molecule has 4 aromatic rings. The topological polar surface area (TPSA) is 156 Å². The fourth-order valence-electron chi connectivity index (χ4n) is 2.90. The van der Waals surface area contributed by atoms with E-state index in [4.69, 9.17) is 17.3 Å². The molecule has 0 amide bonds. The predicted octanol–water partition coefficient (Wildman–Crippen LogP) is 0.238. The van der Waals surface area contributed by atoms with Crippen LogP contribution in [0, 0.1) is 0 Å². The van der Waals surface area contributed by atoms with Crippen LogP contribution in [-0.2, 0) is 20.0 Å². The van der Waals surface area contributed by atoms with Crippen molar-refractivity contribution in [2.24, 2.45) is 18.6 Å². The molecule has 140 valence electrons. The second-order valence-electron chi connectivity index (χ2n) is 5.93. The first-order chi connectivity index (χ1) is 13.0. The van der Waals surface area contributed by atoms with Crippen molar-refractivity contribution < 1.29 is 0 Å². The predicted molar refractivity (Wildman–Crippen MR) is 107 cm³/mol. The van der Waals surface area contributed by atoms with Gasteiger partial charge in [-0.15, -0.1) is 22.7 Å². The largest absolute Gasteiger partial charge is 0.400 e. The molecule has 0 spiro atoms. The Labute approximate surface area is 160 Å². The summed E-state index contributed by atoms with van der Waals surface area (Å²) in [6, 6.07) is 0. The highest BCUT2D eigenvalue weighted by Gasteiger charge is 2.18. The van der Waals surface area contributed by atoms with Gasteiger partial charge in [0, 0.05) is 36.1 Å². The number of anilines is 1. The first-order valence-electron chi connectivity index (χ1n) is 7.92. The maximum atomic E-state index is 12.9. The van der Waals surface area contributed by atoms with Gasteiger partial charge in [-0.05, 0) is 0 Å². The Morgan fingerprint density at radius 2 is 2.22 bits per heavy atom. The van der Waals surface area contributed by atoms with E-state index in [9.17, 15) is 4.79 Å². The van der Waals surface area contributed by atoms with Crippen LogP contribution >= 0.6 is 22.7 Å². The van der Waals surface area contributed by atoms with Gasteiger partial charge in [-0.25, -0.2) is 14.6 Å². The third kappa shape index (κ3) is 3.03. The average Bonchev–Trinajstić information content (AvgIpc) is 3.28. The van der Waals surface area contributed by atoms with Crippen molar-refractivity contribution in [3.63, 3.8) is 0 Å². The molecule has 0 saturated carbocycles. The van der Waals surface area contributed by atoms with Gasteiger partial charge in [0.2, 0.25) is 0 Å². The summed E-state index contributed by atoms with van der Waals surface area (Å²) in [6.45, 7) is 0.271. The van der Waals surface area contributed by atoms with E-state index < -0.39 is 0 Å². The van der Waals surface area contributed by atoms with Crippen molar-refractivity contribution in [3.05, 3.63) is 44.5 Å². The van der Waals surface area contributed by atoms with Crippen molar-refractivity contribution >= 4 is 49.1 Å². The van der Waals surface area contributed by atoms with Crippen LogP contribution in [0.4, 0.5) is 5.13 Å². The molecule has 0 aliphatic carbocycles. The number of rotatable bonds is 5. The normalized spacial score (nSPS) is 12.3. The number of thiazole rings is 2. The van der Waals surface area contributed by atoms with Crippen LogP contribution in [0.15, 0.2) is 28.3 Å². The summed E-state index contributed by atoms with van der Waals surface area (Å²) in [5, 5.41) is 8.20. The minimum absolute atomic E-state index is 0.194. The summed E-state index contributed by atoms with van der Waals surface area (Å²) < 4.78 is 4.09. The molecule has 27 heavy (non-hydrogen) atoms. The summed E-state index contributed by atoms with van der Waals surface area (Å²) in [5.41, 5.74) is 16.3. The number of aryl methyl sites for hydroxylation is 1. The van der Waals surface area contributed by atoms with Crippen LogP contribution in [0.25, 0.3) is 21.3 Å². The maximum absolute atomic E-state index is 12.9. The smallest absolute Gasteiger partial charge is 0.291 e. The van der Waals surface area contributed by atoms with Gasteiger partial charge < -0.3 is 21.5 Å². The van der Waals surface area contributed by atoms with Crippen LogP contribution in [0.3, 0.4) is 0 Å². The van der Waals surface area contributed by atoms with E-state index in [2.05, 4.69) is 20.5 Å². The highest BCUT2D eigenvalue weighted by atomic mass is 32.1. The van der Waals surface area contributed by atoms with Crippen LogP contribution in [-0.4, -0.2) is 24.3 Å². The Kier molecular flexibility index (Phi) is 4.30. The van der Waals surface area contributed by atoms with Gasteiger partial charge in [-0.3, -0.25) is 10.6 Å². The first-order valence-corrected chi connectivity index (χ1v) is 9.62. The Morgan fingerprint density at radius 3 is 2.93 bits per heavy atom. The monoisotopic (exact) mass is 403 g/mol. The molecule has 0 unspecified atom stereocenters. The minimum Gasteiger partial charge on any atom is -0.400 e. The average molecular weight is 403 g/mol. The van der Waals surface area contributed by atoms with Gasteiger partial charge in [0.25, 0.3) is 5.56 Å². The van der Waals surface area contributed by atoms with Crippen molar-refractivity contribution in [2.45, 2.75) is 13.0 Å². The molecular weight excluding hydrogens is 386 g/mol. The molecule has 4 aromatic heterocycles. The van der Waals surface area contributed by atoms with Crippen LogP contribution in [0.2, 0.25) is 0 Å². The highest BCUT2D eigenvalue weighted by molar-refractivity contribution is 7.19. The first kappa shape index (κ1) is 17.5. The molecule has 7 N–H and O–H groups in total. The zero-order valence-electron chi connectivity index (χ0n) is 14.3. The molecule has 0 atom stereocenters. The Bertz CT molecular complexity index is 1230. The number of hydrazine groups is 1. The summed E-state index contributed by atoms with van der Waals surface area (Å²) in [5.74, 6) is 5.24. The third-order valence-electron chi connectivity index (χ3n) is 4.08. The number of aromatic nitrogens is 5. The third-order valence-corrected chi connectivity index (χ3v) is 5.88. The van der Waals surface area contributed by atoms with Crippen molar-refractivity contribution in [3.8, 4) is 0 Å². The Morgan fingerprint density at radius 1 is 1.41 bits per heavy atom. The molecule has 12 heteroatoms. The summed E-state index contributed by atoms with van der Waals surface area (Å²) >= 11 is 2.82. The lowest BCUT2D eigenvalue weighted by molar-refractivity contribution is 0.635. The van der Waals surface area contributed by atoms with Crippen LogP contribution in [0.5, 0.6) is 0 Å². The molecule has 0 radical (unpaired) electrons. The lowest BCUT2D eigenvalue weighted by Crippen LogP contribution is -2.24. The molecule has 0 bridgehead atoms. The van der Waals surface area contributed by atoms with Gasteiger partial charge in [0.1, 0.15) is 10.5 Å². The number of hydrogen-bond donors (Lipinski definition) is 4. The van der Waals surface area contributed by atoms with Crippen molar-refractivity contribution in [2.75, 3.05) is 5.73 Å². The second-order valence-corrected chi connectivity index (χ2v) is 7.90. The van der Waals surface area contributed by atoms with Gasteiger partial charge in [0.15, 0.2) is 10.8 Å². The summed E-state index contributed by atoms with van der Waals surface area (Å²) in [7, 11) is 1.82. The van der Waals surface area contributed by atoms with E-state index >= 15 is 0 Å². The van der Waals surface area contributed by atoms with Gasteiger partial charge >= 0.3 is 0 Å². The summed E-state index contributed by atoms with van der Waals surface area (Å²) in [6.07, 6.45) is 3.69. The number of nitrogens with one attached hydrogen (secondary N) is 1. The number of nitrogens with two attached hydrogens (primary N) is 3. The van der Waals surface area contributed by atoms with Crippen molar-refractivity contribution in [1.82, 2.24) is 29.7 Å². The summed E-state index contributed by atoms with van der Waals surface area (Å²) in [4.78, 5) is 21.7. The lowest BCUT2D eigenvalue weighted by atomic mass is 10.3. The van der Waals surface area contributed by atoms with Gasteiger partial charge in [-0.1, -0.05) is 0 Å². The van der Waals surface area contributed by atoms with Gasteiger partial charge in [0.05, 0.1) is 23.1 Å². The molecule has 4 heterocycles. The minimum atomic E-state index is -0.194. The molecule has 4 rings (SSSR count). The molecule has 0 aliphatic heterocycles. The number of nitrogens with zero attached hydrogens (tertiary/aromatic N) is 5. The Hall–Kier alpha value is -2.96. The number of fused-ring (bicyclic) bond motifs is 3. The maximum Gasteiger partial charge on any atom is 0.291 e. The van der Waals surface area contributed by atoms with E-state index in [1.165, 1.54) is 33.6 Å². The van der Waals surface area contributed by atoms with Gasteiger partial charge in [-0.2, -0.15) is 5.10 Å². The van der Waals surface area contributed by atoms with Crippen LogP contribution in [0.1, 0.15) is 10.7 Å². The fourth-order valence-corrected chi connectivity index (χ4v) is 4.60. The number of allylic oxidation sites excluding steroid dienone is 1. The molecular formula is C15H17N9OS2. The zero-order valence-corrected chi connectivity index (χ0v) is 16.0. The fraction of sp³-hybridized carbons (Fsp3) is 0.200. The second kappa shape index (κ2) is 6.64. The van der Waals surface area contributed by atoms with E-state index in [0.29, 0.717) is 28.5 Å². The molecule has 0 fully saturated rings. The molecule has 0 aromatic carbocycles. The quantitative estimate of drug-likeness (QED) is 0.273. The number of hydrogen-bond acceptors (Lipinski definition) is 10. The molecule has 0 aliphatic rings. The highest BCUT2D eigenvalue weighted by Crippen LogP contribution is 2.31. The van der Waals surface area contributed by atoms with E-state index in [-0.39, 0.29) is 12.1 Å². The standard InChI is InChI=1S/C15H17N9OS2/c1-23-11-9(12-13(23)22-10(27-12)2-7(16)3-19-18)4-20-24(14(11)25)5-8-6-26-15(17)21-8/h3-4,6,19H,2,5,16,18H2,1H3,(H2,17,21)/b7-3-. The lowest BCUT2D eigenvalue weighted by Gasteiger charge is -2.03. The van der Waals surface area contributed by atoms with E-state index in [0.717, 1.165) is 20.7 Å². The van der Waals surface area contributed by atoms with Crippen molar-refractivity contribution in [1.29, 1.82) is 0 Å². The number of nitrogen functional groups attached to an aromatic ring is 1. The van der Waals surface area contributed by atoms with E-state index in [1.54, 1.807) is 10.8 Å². The van der Waals surface area contributed by atoms with Crippen LogP contribution < -0.4 is 28.3 Å². The SMILES string of the molecule is Cn1c2nc(C/C(N)=C/NN)sc2c2cnn(Cc3csc(N)n3)c(=O)c21. The molecule has 0 saturated heterocycles. The van der Waals surface area contributed by atoms with E-state index in [1.807, 2.05) is 12.4 Å². The Balaban J connectivity index is 1.78. The molecule has 10 nitrogen and oxygen atoms in total. The zero-order chi connectivity index (χ0) is 19.1.